The fourth-order valence-corrected chi connectivity index (χ4v) is 4.72. The van der Waals surface area contributed by atoms with Gasteiger partial charge in [0.15, 0.2) is 0 Å². The molecule has 4 heteroatoms. The molecule has 36 heavy (non-hydrogen) atoms. The van der Waals surface area contributed by atoms with Crippen molar-refractivity contribution in [2.75, 3.05) is 6.61 Å². The number of carboxylic acid groups (broad SMARTS) is 1. The number of unbranched alkanes of at least 4 members (excludes halogenated alkanes) is 19. The van der Waals surface area contributed by atoms with E-state index in [0.29, 0.717) is 13.0 Å². The van der Waals surface area contributed by atoms with E-state index < -0.39 is 11.9 Å². The van der Waals surface area contributed by atoms with Crippen LogP contribution in [0.3, 0.4) is 0 Å². The quantitative estimate of drug-likeness (QED) is 0.0648. The third-order valence-corrected chi connectivity index (χ3v) is 7.02. The molecule has 0 saturated heterocycles. The van der Waals surface area contributed by atoms with Gasteiger partial charge in [0.1, 0.15) is 0 Å². The van der Waals surface area contributed by atoms with Gasteiger partial charge < -0.3 is 9.84 Å². The highest BCUT2D eigenvalue weighted by Gasteiger charge is 2.22. The fourth-order valence-electron chi connectivity index (χ4n) is 4.72. The summed E-state index contributed by atoms with van der Waals surface area (Å²) in [6.45, 7) is 4.59. The summed E-state index contributed by atoms with van der Waals surface area (Å²) < 4.78 is 5.14. The lowest BCUT2D eigenvalue weighted by atomic mass is 9.98. The summed E-state index contributed by atoms with van der Waals surface area (Å²) in [5.74, 6) is -1.81. The van der Waals surface area contributed by atoms with E-state index in [1.54, 1.807) is 0 Å². The van der Waals surface area contributed by atoms with Crippen LogP contribution < -0.4 is 0 Å². The van der Waals surface area contributed by atoms with E-state index in [2.05, 4.69) is 19.1 Å². The summed E-state index contributed by atoms with van der Waals surface area (Å²) in [5, 5.41) is 9.02. The monoisotopic (exact) mass is 508 g/mol. The van der Waals surface area contributed by atoms with Crippen LogP contribution in [0, 0.1) is 5.92 Å². The van der Waals surface area contributed by atoms with Gasteiger partial charge in [-0.05, 0) is 38.5 Å². The highest BCUT2D eigenvalue weighted by atomic mass is 16.5. The highest BCUT2D eigenvalue weighted by Crippen LogP contribution is 2.17. The second-order valence-corrected chi connectivity index (χ2v) is 10.7. The maximum absolute atomic E-state index is 12.0. The molecular formula is C32H60O4. The van der Waals surface area contributed by atoms with Gasteiger partial charge in [-0.1, -0.05) is 135 Å². The zero-order valence-electron chi connectivity index (χ0n) is 24.1. The van der Waals surface area contributed by atoms with Crippen LogP contribution in [0.4, 0.5) is 0 Å². The minimum absolute atomic E-state index is 0.133. The van der Waals surface area contributed by atoms with E-state index in [-0.39, 0.29) is 12.4 Å². The first-order valence-electron chi connectivity index (χ1n) is 15.6. The van der Waals surface area contributed by atoms with Crippen LogP contribution in [0.1, 0.15) is 168 Å². The Bertz CT molecular complexity index is 514. The average Bonchev–Trinajstić information content (AvgIpc) is 2.86. The largest absolute Gasteiger partial charge is 0.481 e. The number of carboxylic acids is 1. The molecule has 0 aromatic heterocycles. The molecular weight excluding hydrogens is 448 g/mol. The van der Waals surface area contributed by atoms with E-state index >= 15 is 0 Å². The molecule has 0 radical (unpaired) electrons. The van der Waals surface area contributed by atoms with Crippen LogP contribution in [0.2, 0.25) is 0 Å². The number of hydrogen-bond acceptors (Lipinski definition) is 3. The molecule has 0 saturated carbocycles. The van der Waals surface area contributed by atoms with Crippen molar-refractivity contribution in [2.24, 2.45) is 5.92 Å². The summed E-state index contributed by atoms with van der Waals surface area (Å²) in [6, 6.07) is 0. The van der Waals surface area contributed by atoms with Crippen LogP contribution in [-0.4, -0.2) is 23.7 Å². The van der Waals surface area contributed by atoms with Gasteiger partial charge in [-0.25, -0.2) is 0 Å². The molecule has 0 fully saturated rings. The Morgan fingerprint density at radius 1 is 0.611 bits per heavy atom. The zero-order valence-corrected chi connectivity index (χ0v) is 24.1. The van der Waals surface area contributed by atoms with Crippen molar-refractivity contribution in [3.8, 4) is 0 Å². The first-order valence-corrected chi connectivity index (χ1v) is 15.6. The Hall–Kier alpha value is -1.32. The van der Waals surface area contributed by atoms with E-state index in [4.69, 9.17) is 9.84 Å². The predicted octanol–water partition coefficient (Wildman–Crippen LogP) is 10.2. The minimum Gasteiger partial charge on any atom is -0.481 e. The average molecular weight is 509 g/mol. The first kappa shape index (κ1) is 34.7. The number of hydrogen-bond donors (Lipinski definition) is 1. The lowest BCUT2D eigenvalue weighted by Crippen LogP contribution is -2.21. The summed E-state index contributed by atoms with van der Waals surface area (Å²) in [5.41, 5.74) is 0. The predicted molar refractivity (Wildman–Crippen MR) is 153 cm³/mol. The Morgan fingerprint density at radius 2 is 1.03 bits per heavy atom. The first-order chi connectivity index (χ1) is 17.6. The standard InChI is InChI=1S/C32H60O4/c1-3-5-6-7-8-9-10-11-12-13-14-15-16-17-18-19-20-21-22-23-24-25-26-27-30(29-31(33)34)32(35)36-28-4-2/h23-24,30H,3-22,25-29H2,1-2H3,(H,33,34)/b24-23+. The molecule has 0 rings (SSSR count). The maximum Gasteiger partial charge on any atom is 0.309 e. The summed E-state index contributed by atoms with van der Waals surface area (Å²) in [4.78, 5) is 23.0. The number of rotatable bonds is 28. The molecule has 0 aliphatic carbocycles. The maximum atomic E-state index is 12.0. The van der Waals surface area contributed by atoms with Gasteiger partial charge >= 0.3 is 11.9 Å². The number of carbonyl (C=O) groups is 2. The van der Waals surface area contributed by atoms with Crippen molar-refractivity contribution in [1.29, 1.82) is 0 Å². The van der Waals surface area contributed by atoms with Gasteiger partial charge in [0.25, 0.3) is 0 Å². The van der Waals surface area contributed by atoms with Gasteiger partial charge in [-0.2, -0.15) is 0 Å². The van der Waals surface area contributed by atoms with Crippen LogP contribution in [0.5, 0.6) is 0 Å². The van der Waals surface area contributed by atoms with Crippen molar-refractivity contribution < 1.29 is 19.4 Å². The second kappa shape index (κ2) is 28.3. The van der Waals surface area contributed by atoms with Gasteiger partial charge in [0.05, 0.1) is 18.9 Å². The SMILES string of the molecule is CCCCCCCCCCCCCCCCCCCC/C=C/CCCC(CC(=O)O)C(=O)OCCC. The van der Waals surface area contributed by atoms with Crippen molar-refractivity contribution in [2.45, 2.75) is 168 Å². The minimum atomic E-state index is -0.932. The summed E-state index contributed by atoms with van der Waals surface area (Å²) in [7, 11) is 0. The molecule has 0 aromatic carbocycles. The molecule has 1 N–H and O–H groups in total. The lowest BCUT2D eigenvalue weighted by molar-refractivity contribution is -0.153. The Balaban J connectivity index is 3.42. The lowest BCUT2D eigenvalue weighted by Gasteiger charge is -2.13. The number of ether oxygens (including phenoxy) is 1. The summed E-state index contributed by atoms with van der Waals surface area (Å²) in [6.07, 6.45) is 33.7. The van der Waals surface area contributed by atoms with Gasteiger partial charge in [-0.3, -0.25) is 9.59 Å². The molecule has 0 aliphatic heterocycles. The molecule has 0 aliphatic rings. The number of esters is 1. The van der Waals surface area contributed by atoms with E-state index in [1.165, 1.54) is 116 Å². The van der Waals surface area contributed by atoms with Gasteiger partial charge in [0.2, 0.25) is 0 Å². The molecule has 212 valence electrons. The molecule has 1 atom stereocenters. The number of carbonyl (C=O) groups excluding carboxylic acids is 1. The van der Waals surface area contributed by atoms with Crippen LogP contribution >= 0.6 is 0 Å². The fraction of sp³-hybridized carbons (Fsp3) is 0.875. The van der Waals surface area contributed by atoms with Gasteiger partial charge in [0, 0.05) is 0 Å². The normalized spacial score (nSPS) is 12.3. The third-order valence-electron chi connectivity index (χ3n) is 7.02. The van der Waals surface area contributed by atoms with Crippen LogP contribution in [0.15, 0.2) is 12.2 Å². The Morgan fingerprint density at radius 3 is 1.44 bits per heavy atom. The van der Waals surface area contributed by atoms with E-state index in [0.717, 1.165) is 25.7 Å². The van der Waals surface area contributed by atoms with Crippen molar-refractivity contribution >= 4 is 11.9 Å². The van der Waals surface area contributed by atoms with E-state index in [9.17, 15) is 9.59 Å². The van der Waals surface area contributed by atoms with Gasteiger partial charge in [-0.15, -0.1) is 0 Å². The van der Waals surface area contributed by atoms with Crippen molar-refractivity contribution in [1.82, 2.24) is 0 Å². The number of allylic oxidation sites excluding steroid dienone is 2. The molecule has 0 bridgehead atoms. The van der Waals surface area contributed by atoms with Crippen LogP contribution in [-0.2, 0) is 14.3 Å². The van der Waals surface area contributed by atoms with E-state index in [1.807, 2.05) is 6.92 Å². The summed E-state index contributed by atoms with van der Waals surface area (Å²) >= 11 is 0. The molecule has 4 nitrogen and oxygen atoms in total. The van der Waals surface area contributed by atoms with Crippen molar-refractivity contribution in [3.63, 3.8) is 0 Å². The zero-order chi connectivity index (χ0) is 26.5. The van der Waals surface area contributed by atoms with Crippen LogP contribution in [0.25, 0.3) is 0 Å². The molecule has 0 aromatic rings. The molecule has 0 heterocycles. The second-order valence-electron chi connectivity index (χ2n) is 10.7. The van der Waals surface area contributed by atoms with Crippen molar-refractivity contribution in [3.05, 3.63) is 12.2 Å². The smallest absolute Gasteiger partial charge is 0.309 e. The topological polar surface area (TPSA) is 63.6 Å². The molecule has 1 unspecified atom stereocenters. The number of aliphatic carboxylic acids is 1. The Kier molecular flexibility index (Phi) is 27.2. The molecule has 0 spiro atoms. The molecule has 0 amide bonds. The Labute approximate surface area is 224 Å². The highest BCUT2D eigenvalue weighted by molar-refractivity contribution is 5.79. The third kappa shape index (κ3) is 25.8.